The average molecular weight is 255 g/mol. The highest BCUT2D eigenvalue weighted by Gasteiger charge is 2.45. The van der Waals surface area contributed by atoms with Gasteiger partial charge in [0, 0.05) is 6.54 Å². The van der Waals surface area contributed by atoms with Crippen LogP contribution in [0, 0.1) is 11.3 Å². The first-order chi connectivity index (χ1) is 8.40. The third kappa shape index (κ3) is 2.88. The first-order valence-corrected chi connectivity index (χ1v) is 5.79. The Hall–Kier alpha value is -1.85. The van der Waals surface area contributed by atoms with Crippen molar-refractivity contribution in [2.75, 3.05) is 6.54 Å². The first kappa shape index (κ1) is 14.2. The maximum atomic E-state index is 12.0. The molecular formula is C12H17NO5. The number of hydrogen-bond acceptors (Lipinski definition) is 3. The molecule has 1 rings (SSSR count). The molecule has 1 aliphatic rings. The zero-order chi connectivity index (χ0) is 13.8. The fraction of sp³-hybridized carbons (Fsp3) is 0.583. The number of aliphatic carboxylic acids is 2. The quantitative estimate of drug-likeness (QED) is 0.494. The van der Waals surface area contributed by atoms with E-state index in [1.807, 2.05) is 6.08 Å². The third-order valence-electron chi connectivity index (χ3n) is 3.21. The van der Waals surface area contributed by atoms with Gasteiger partial charge in [0.15, 0.2) is 0 Å². The predicted molar refractivity (Wildman–Crippen MR) is 62.9 cm³/mol. The number of carboxylic acid groups (broad SMARTS) is 2. The lowest BCUT2D eigenvalue weighted by Gasteiger charge is -2.29. The van der Waals surface area contributed by atoms with E-state index in [4.69, 9.17) is 5.11 Å². The van der Waals surface area contributed by atoms with Crippen LogP contribution >= 0.6 is 0 Å². The van der Waals surface area contributed by atoms with Crippen LogP contribution in [-0.4, -0.2) is 34.6 Å². The molecule has 0 aliphatic heterocycles. The second-order valence-electron chi connectivity index (χ2n) is 4.55. The van der Waals surface area contributed by atoms with E-state index >= 15 is 0 Å². The van der Waals surface area contributed by atoms with Crippen LogP contribution < -0.4 is 5.32 Å². The monoisotopic (exact) mass is 255 g/mol. The van der Waals surface area contributed by atoms with E-state index in [0.717, 1.165) is 0 Å². The third-order valence-corrected chi connectivity index (χ3v) is 3.21. The molecule has 0 aromatic heterocycles. The Morgan fingerprint density at radius 1 is 1.33 bits per heavy atom. The van der Waals surface area contributed by atoms with Gasteiger partial charge in [-0.15, -0.1) is 0 Å². The van der Waals surface area contributed by atoms with E-state index < -0.39 is 29.2 Å². The van der Waals surface area contributed by atoms with E-state index in [2.05, 4.69) is 5.32 Å². The minimum absolute atomic E-state index is 0.0626. The summed E-state index contributed by atoms with van der Waals surface area (Å²) in [6.45, 7) is 1.39. The van der Waals surface area contributed by atoms with Crippen LogP contribution in [0.5, 0.6) is 0 Å². The molecule has 2 unspecified atom stereocenters. The summed E-state index contributed by atoms with van der Waals surface area (Å²) in [4.78, 5) is 33.9. The van der Waals surface area contributed by atoms with Crippen LogP contribution in [0.4, 0.5) is 0 Å². The summed E-state index contributed by atoms with van der Waals surface area (Å²) in [7, 11) is 0. The highest BCUT2D eigenvalue weighted by atomic mass is 16.4. The van der Waals surface area contributed by atoms with Gasteiger partial charge in [-0.1, -0.05) is 19.1 Å². The minimum atomic E-state index is -1.45. The van der Waals surface area contributed by atoms with Gasteiger partial charge in [0.25, 0.3) is 0 Å². The Kier molecular flexibility index (Phi) is 4.47. The van der Waals surface area contributed by atoms with Crippen molar-refractivity contribution in [2.45, 2.75) is 26.2 Å². The zero-order valence-corrected chi connectivity index (χ0v) is 10.2. The maximum absolute atomic E-state index is 12.0. The number of carboxylic acids is 2. The normalized spacial score (nSPS) is 24.3. The second-order valence-corrected chi connectivity index (χ2v) is 4.55. The number of carbonyl (C=O) groups is 3. The van der Waals surface area contributed by atoms with Crippen molar-refractivity contribution in [1.82, 2.24) is 5.32 Å². The van der Waals surface area contributed by atoms with Crippen molar-refractivity contribution in [3.63, 3.8) is 0 Å². The van der Waals surface area contributed by atoms with Crippen LogP contribution in [0.25, 0.3) is 0 Å². The molecule has 1 aliphatic carbocycles. The lowest BCUT2D eigenvalue weighted by atomic mass is 9.76. The Morgan fingerprint density at radius 3 is 2.44 bits per heavy atom. The van der Waals surface area contributed by atoms with Gasteiger partial charge in [0.1, 0.15) is 5.41 Å². The van der Waals surface area contributed by atoms with Crippen LogP contribution in [-0.2, 0) is 14.4 Å². The van der Waals surface area contributed by atoms with E-state index in [1.54, 1.807) is 6.08 Å². The Labute approximate surface area is 105 Å². The van der Waals surface area contributed by atoms with Gasteiger partial charge in [0.2, 0.25) is 5.91 Å². The molecule has 6 nitrogen and oxygen atoms in total. The van der Waals surface area contributed by atoms with Crippen LogP contribution in [0.3, 0.4) is 0 Å². The Morgan fingerprint density at radius 2 is 2.00 bits per heavy atom. The molecule has 0 radical (unpaired) electrons. The molecule has 0 aromatic rings. The highest BCUT2D eigenvalue weighted by Crippen LogP contribution is 2.33. The van der Waals surface area contributed by atoms with Gasteiger partial charge in [-0.05, 0) is 19.3 Å². The molecule has 0 bridgehead atoms. The van der Waals surface area contributed by atoms with Gasteiger partial charge < -0.3 is 15.5 Å². The molecule has 0 saturated heterocycles. The van der Waals surface area contributed by atoms with Crippen molar-refractivity contribution < 1.29 is 24.6 Å². The van der Waals surface area contributed by atoms with Crippen molar-refractivity contribution in [3.05, 3.63) is 12.2 Å². The molecule has 0 spiro atoms. The standard InChI is InChI=1S/C12H17NO5/c1-8(9(14)15)7-13-10(16)12(11(17)18)5-3-2-4-6-12/h2-3,8H,4-7H2,1H3,(H,13,16)(H,14,15)(H,17,18). The smallest absolute Gasteiger partial charge is 0.319 e. The fourth-order valence-electron chi connectivity index (χ4n) is 1.83. The summed E-state index contributed by atoms with van der Waals surface area (Å²) >= 11 is 0. The van der Waals surface area contributed by atoms with Crippen molar-refractivity contribution >= 4 is 17.8 Å². The molecule has 0 heterocycles. The SMILES string of the molecule is CC(CNC(=O)C1(C(=O)O)CC=CCC1)C(=O)O. The summed E-state index contributed by atoms with van der Waals surface area (Å²) in [5.74, 6) is -3.53. The maximum Gasteiger partial charge on any atom is 0.319 e. The molecule has 1 amide bonds. The Bertz CT molecular complexity index is 390. The molecule has 18 heavy (non-hydrogen) atoms. The largest absolute Gasteiger partial charge is 0.481 e. The topological polar surface area (TPSA) is 104 Å². The number of amides is 1. The summed E-state index contributed by atoms with van der Waals surface area (Å²) in [5.41, 5.74) is -1.45. The molecular weight excluding hydrogens is 238 g/mol. The van der Waals surface area contributed by atoms with Gasteiger partial charge in [-0.2, -0.15) is 0 Å². The lowest BCUT2D eigenvalue weighted by Crippen LogP contribution is -2.48. The van der Waals surface area contributed by atoms with E-state index in [-0.39, 0.29) is 19.4 Å². The van der Waals surface area contributed by atoms with Crippen molar-refractivity contribution in [3.8, 4) is 0 Å². The number of carbonyl (C=O) groups excluding carboxylic acids is 1. The van der Waals surface area contributed by atoms with Crippen LogP contribution in [0.2, 0.25) is 0 Å². The minimum Gasteiger partial charge on any atom is -0.481 e. The number of hydrogen-bond donors (Lipinski definition) is 3. The van der Waals surface area contributed by atoms with E-state index in [0.29, 0.717) is 6.42 Å². The van der Waals surface area contributed by atoms with Gasteiger partial charge in [-0.25, -0.2) is 0 Å². The predicted octanol–water partition coefficient (Wildman–Crippen LogP) is 0.634. The van der Waals surface area contributed by atoms with E-state index in [1.165, 1.54) is 6.92 Å². The Balaban J connectivity index is 2.70. The summed E-state index contributed by atoms with van der Waals surface area (Å²) in [6.07, 6.45) is 4.45. The van der Waals surface area contributed by atoms with Crippen LogP contribution in [0.1, 0.15) is 26.2 Å². The summed E-state index contributed by atoms with van der Waals surface area (Å²) in [6, 6.07) is 0. The number of rotatable bonds is 5. The second kappa shape index (κ2) is 5.66. The molecule has 6 heteroatoms. The molecule has 0 aromatic carbocycles. The summed E-state index contributed by atoms with van der Waals surface area (Å²) in [5, 5.41) is 20.3. The highest BCUT2D eigenvalue weighted by molar-refractivity contribution is 6.02. The first-order valence-electron chi connectivity index (χ1n) is 5.79. The average Bonchev–Trinajstić information content (AvgIpc) is 2.35. The molecule has 0 saturated carbocycles. The van der Waals surface area contributed by atoms with Gasteiger partial charge in [0.05, 0.1) is 5.92 Å². The van der Waals surface area contributed by atoms with Gasteiger partial charge >= 0.3 is 11.9 Å². The van der Waals surface area contributed by atoms with Gasteiger partial charge in [-0.3, -0.25) is 14.4 Å². The summed E-state index contributed by atoms with van der Waals surface area (Å²) < 4.78 is 0. The molecule has 2 atom stereocenters. The zero-order valence-electron chi connectivity index (χ0n) is 10.2. The molecule has 3 N–H and O–H groups in total. The number of nitrogens with one attached hydrogen (secondary N) is 1. The van der Waals surface area contributed by atoms with Crippen molar-refractivity contribution in [2.24, 2.45) is 11.3 Å². The number of allylic oxidation sites excluding steroid dienone is 2. The lowest BCUT2D eigenvalue weighted by molar-refractivity contribution is -0.156. The fourth-order valence-corrected chi connectivity index (χ4v) is 1.83. The van der Waals surface area contributed by atoms with E-state index in [9.17, 15) is 19.5 Å². The van der Waals surface area contributed by atoms with Crippen molar-refractivity contribution in [1.29, 1.82) is 0 Å². The molecule has 100 valence electrons. The van der Waals surface area contributed by atoms with Crippen LogP contribution in [0.15, 0.2) is 12.2 Å². The molecule has 0 fully saturated rings.